The molecule has 100 valence electrons. The van der Waals surface area contributed by atoms with Gasteiger partial charge in [-0.2, -0.15) is 0 Å². The molecule has 0 saturated heterocycles. The van der Waals surface area contributed by atoms with Crippen molar-refractivity contribution in [2.45, 2.75) is 0 Å². The van der Waals surface area contributed by atoms with Gasteiger partial charge in [0.25, 0.3) is 5.56 Å². The maximum Gasteiger partial charge on any atom is 0.259 e. The molecule has 3 rings (SSSR count). The molecule has 0 saturated carbocycles. The predicted molar refractivity (Wildman–Crippen MR) is 73.8 cm³/mol. The van der Waals surface area contributed by atoms with E-state index in [9.17, 15) is 9.90 Å². The van der Waals surface area contributed by atoms with E-state index in [1.807, 2.05) is 0 Å². The Hall–Kier alpha value is -2.89. The molecule has 2 heterocycles. The van der Waals surface area contributed by atoms with Gasteiger partial charge in [0.1, 0.15) is 17.2 Å². The molecule has 0 aliphatic carbocycles. The van der Waals surface area contributed by atoms with E-state index in [-0.39, 0.29) is 11.3 Å². The van der Waals surface area contributed by atoms with Gasteiger partial charge in [-0.3, -0.25) is 4.79 Å². The third-order valence-electron chi connectivity index (χ3n) is 2.90. The topological polar surface area (TPSA) is 88.1 Å². The zero-order valence-electron chi connectivity index (χ0n) is 10.6. The SMILES string of the molecule is COc1ccc2nc(-c3ccc(O)cn3)[nH]c(=O)c2c1. The molecular weight excluding hydrogens is 258 g/mol. The third-order valence-corrected chi connectivity index (χ3v) is 2.90. The molecule has 0 amide bonds. The van der Waals surface area contributed by atoms with E-state index in [1.165, 1.54) is 19.4 Å². The number of pyridine rings is 1. The second-order valence-electron chi connectivity index (χ2n) is 4.20. The quantitative estimate of drug-likeness (QED) is 0.739. The van der Waals surface area contributed by atoms with Gasteiger partial charge in [0.2, 0.25) is 0 Å². The summed E-state index contributed by atoms with van der Waals surface area (Å²) in [5, 5.41) is 9.67. The first-order chi connectivity index (χ1) is 9.67. The lowest BCUT2D eigenvalue weighted by atomic mass is 10.2. The number of aromatic nitrogens is 3. The highest BCUT2D eigenvalue weighted by atomic mass is 16.5. The van der Waals surface area contributed by atoms with Crippen molar-refractivity contribution in [3.05, 3.63) is 46.9 Å². The van der Waals surface area contributed by atoms with Crippen LogP contribution in [-0.4, -0.2) is 27.2 Å². The van der Waals surface area contributed by atoms with Crippen LogP contribution >= 0.6 is 0 Å². The molecule has 6 heteroatoms. The van der Waals surface area contributed by atoms with Crippen molar-refractivity contribution in [3.8, 4) is 23.0 Å². The molecular formula is C14H11N3O3. The van der Waals surface area contributed by atoms with Gasteiger partial charge < -0.3 is 14.8 Å². The van der Waals surface area contributed by atoms with E-state index >= 15 is 0 Å². The van der Waals surface area contributed by atoms with Crippen molar-refractivity contribution in [2.75, 3.05) is 7.11 Å². The van der Waals surface area contributed by atoms with Crippen molar-refractivity contribution in [1.29, 1.82) is 0 Å². The minimum absolute atomic E-state index is 0.0571. The lowest BCUT2D eigenvalue weighted by Crippen LogP contribution is -2.10. The number of nitrogens with one attached hydrogen (secondary N) is 1. The average Bonchev–Trinajstić information content (AvgIpc) is 2.47. The van der Waals surface area contributed by atoms with Crippen LogP contribution in [0, 0.1) is 0 Å². The van der Waals surface area contributed by atoms with Crippen molar-refractivity contribution in [2.24, 2.45) is 0 Å². The Labute approximate surface area is 113 Å². The fraction of sp³-hybridized carbons (Fsp3) is 0.0714. The first kappa shape index (κ1) is 12.2. The van der Waals surface area contributed by atoms with Gasteiger partial charge in [0.15, 0.2) is 5.82 Å². The van der Waals surface area contributed by atoms with Gasteiger partial charge in [0, 0.05) is 0 Å². The summed E-state index contributed by atoms with van der Waals surface area (Å²) in [6, 6.07) is 8.16. The van der Waals surface area contributed by atoms with E-state index in [0.29, 0.717) is 28.2 Å². The van der Waals surface area contributed by atoms with Crippen LogP contribution in [0.15, 0.2) is 41.3 Å². The van der Waals surface area contributed by atoms with Crippen molar-refractivity contribution in [1.82, 2.24) is 15.0 Å². The monoisotopic (exact) mass is 269 g/mol. The van der Waals surface area contributed by atoms with Crippen LogP contribution in [0.5, 0.6) is 11.5 Å². The highest BCUT2D eigenvalue weighted by molar-refractivity contribution is 5.80. The lowest BCUT2D eigenvalue weighted by molar-refractivity contribution is 0.415. The number of H-pyrrole nitrogens is 1. The van der Waals surface area contributed by atoms with Crippen molar-refractivity contribution >= 4 is 10.9 Å². The molecule has 0 radical (unpaired) electrons. The summed E-state index contributed by atoms with van der Waals surface area (Å²) in [5.74, 6) is 1.01. The van der Waals surface area contributed by atoms with Crippen LogP contribution in [0.2, 0.25) is 0 Å². The van der Waals surface area contributed by atoms with Crippen LogP contribution in [0.3, 0.4) is 0 Å². The largest absolute Gasteiger partial charge is 0.506 e. The minimum Gasteiger partial charge on any atom is -0.506 e. The fourth-order valence-corrected chi connectivity index (χ4v) is 1.89. The molecule has 1 aromatic carbocycles. The standard InChI is InChI=1S/C14H11N3O3/c1-20-9-3-5-11-10(6-9)14(19)17-13(16-11)12-4-2-8(18)7-15-12/h2-7,18H,1H3,(H,16,17,19). The smallest absolute Gasteiger partial charge is 0.259 e. The minimum atomic E-state index is -0.265. The molecule has 0 spiro atoms. The van der Waals surface area contributed by atoms with Crippen LogP contribution in [0.1, 0.15) is 0 Å². The number of fused-ring (bicyclic) bond motifs is 1. The molecule has 0 aliphatic heterocycles. The van der Waals surface area contributed by atoms with Crippen molar-refractivity contribution < 1.29 is 9.84 Å². The number of hydrogen-bond donors (Lipinski definition) is 2. The van der Waals surface area contributed by atoms with E-state index in [0.717, 1.165) is 0 Å². The van der Waals surface area contributed by atoms with Gasteiger partial charge >= 0.3 is 0 Å². The second-order valence-corrected chi connectivity index (χ2v) is 4.20. The first-order valence-corrected chi connectivity index (χ1v) is 5.91. The van der Waals surface area contributed by atoms with Gasteiger partial charge in [0.05, 0.1) is 24.2 Å². The number of methoxy groups -OCH3 is 1. The summed E-state index contributed by atoms with van der Waals surface area (Å²) in [7, 11) is 1.54. The highest BCUT2D eigenvalue weighted by Crippen LogP contribution is 2.19. The summed E-state index contributed by atoms with van der Waals surface area (Å²) in [6.45, 7) is 0. The van der Waals surface area contributed by atoms with E-state index < -0.39 is 0 Å². The Morgan fingerprint density at radius 2 is 2.10 bits per heavy atom. The number of aromatic amines is 1. The third kappa shape index (κ3) is 2.07. The number of aromatic hydroxyl groups is 1. The number of benzene rings is 1. The summed E-state index contributed by atoms with van der Waals surface area (Å²) in [4.78, 5) is 23.1. The average molecular weight is 269 g/mol. The summed E-state index contributed by atoms with van der Waals surface area (Å²) >= 11 is 0. The zero-order valence-corrected chi connectivity index (χ0v) is 10.6. The van der Waals surface area contributed by atoms with Crippen LogP contribution in [-0.2, 0) is 0 Å². The normalized spacial score (nSPS) is 10.7. The molecule has 0 unspecified atom stereocenters. The number of rotatable bonds is 2. The van der Waals surface area contributed by atoms with E-state index in [4.69, 9.17) is 4.74 Å². The van der Waals surface area contributed by atoms with Crippen LogP contribution < -0.4 is 10.3 Å². The van der Waals surface area contributed by atoms with Gasteiger partial charge in [-0.1, -0.05) is 0 Å². The van der Waals surface area contributed by atoms with Gasteiger partial charge in [-0.05, 0) is 30.3 Å². The second kappa shape index (κ2) is 4.65. The van der Waals surface area contributed by atoms with Crippen LogP contribution in [0.4, 0.5) is 0 Å². The fourth-order valence-electron chi connectivity index (χ4n) is 1.89. The zero-order chi connectivity index (χ0) is 14.1. The van der Waals surface area contributed by atoms with Gasteiger partial charge in [-0.25, -0.2) is 9.97 Å². The Balaban J connectivity index is 2.19. The molecule has 3 aromatic rings. The molecule has 20 heavy (non-hydrogen) atoms. The molecule has 2 N–H and O–H groups in total. The lowest BCUT2D eigenvalue weighted by Gasteiger charge is -2.04. The molecule has 0 atom stereocenters. The first-order valence-electron chi connectivity index (χ1n) is 5.91. The number of hydrogen-bond acceptors (Lipinski definition) is 5. The Morgan fingerprint density at radius 1 is 1.25 bits per heavy atom. The maximum absolute atomic E-state index is 12.1. The Bertz CT molecular complexity index is 825. The molecule has 2 aromatic heterocycles. The van der Waals surface area contributed by atoms with Crippen LogP contribution in [0.25, 0.3) is 22.4 Å². The number of ether oxygens (including phenoxy) is 1. The molecule has 6 nitrogen and oxygen atoms in total. The van der Waals surface area contributed by atoms with E-state index in [1.54, 1.807) is 24.3 Å². The summed E-state index contributed by atoms with van der Waals surface area (Å²) in [5.41, 5.74) is 0.774. The Morgan fingerprint density at radius 3 is 2.80 bits per heavy atom. The number of nitrogens with zero attached hydrogens (tertiary/aromatic N) is 2. The Kier molecular flexibility index (Phi) is 2.83. The summed E-state index contributed by atoms with van der Waals surface area (Å²) < 4.78 is 5.08. The highest BCUT2D eigenvalue weighted by Gasteiger charge is 2.08. The van der Waals surface area contributed by atoms with Crippen molar-refractivity contribution in [3.63, 3.8) is 0 Å². The molecule has 0 fully saturated rings. The van der Waals surface area contributed by atoms with E-state index in [2.05, 4.69) is 15.0 Å². The molecule has 0 aliphatic rings. The summed E-state index contributed by atoms with van der Waals surface area (Å²) in [6.07, 6.45) is 1.30. The molecule has 0 bridgehead atoms. The predicted octanol–water partition coefficient (Wildman–Crippen LogP) is 1.70. The van der Waals surface area contributed by atoms with Gasteiger partial charge in [-0.15, -0.1) is 0 Å². The maximum atomic E-state index is 12.1.